The lowest BCUT2D eigenvalue weighted by molar-refractivity contribution is -0.120. The fourth-order valence-corrected chi connectivity index (χ4v) is 3.86. The van der Waals surface area contributed by atoms with Crippen LogP contribution in [0.1, 0.15) is 33.8 Å². The van der Waals surface area contributed by atoms with Crippen LogP contribution in [0.15, 0.2) is 64.2 Å². The number of nitrogens with one attached hydrogen (secondary N) is 1. The molecule has 3 aromatic rings. The third-order valence-electron chi connectivity index (χ3n) is 5.79. The molecular formula is C25H26N8O4. The molecule has 1 aliphatic rings. The fraction of sp³-hybridized carbons (Fsp3) is 0.240. The highest BCUT2D eigenvalue weighted by Crippen LogP contribution is 2.32. The van der Waals surface area contributed by atoms with E-state index in [0.29, 0.717) is 29.2 Å². The Kier molecular flexibility index (Phi) is 7.65. The van der Waals surface area contributed by atoms with Crippen molar-refractivity contribution in [1.29, 1.82) is 5.26 Å². The average Bonchev–Trinajstić information content (AvgIpc) is 3.34. The number of hydrazine groups is 1. The molecule has 0 aliphatic carbocycles. The van der Waals surface area contributed by atoms with Crippen LogP contribution >= 0.6 is 0 Å². The fourth-order valence-electron chi connectivity index (χ4n) is 3.86. The van der Waals surface area contributed by atoms with Gasteiger partial charge in [-0.1, -0.05) is 35.5 Å². The third-order valence-corrected chi connectivity index (χ3v) is 5.79. The summed E-state index contributed by atoms with van der Waals surface area (Å²) >= 11 is 0. The van der Waals surface area contributed by atoms with Gasteiger partial charge in [0.25, 0.3) is 11.8 Å². The molecule has 0 saturated carbocycles. The number of ether oxygens (including phenoxy) is 1. The van der Waals surface area contributed by atoms with Gasteiger partial charge in [-0.15, -0.1) is 0 Å². The number of fused-ring (bicyclic) bond motifs is 1. The number of nitrogens with zero attached hydrogens (tertiary/aromatic N) is 5. The Bertz CT molecular complexity index is 1350. The van der Waals surface area contributed by atoms with Crippen molar-refractivity contribution in [2.75, 3.05) is 25.1 Å². The molecule has 12 heteroatoms. The molecule has 1 atom stereocenters. The van der Waals surface area contributed by atoms with E-state index in [9.17, 15) is 9.59 Å². The van der Waals surface area contributed by atoms with Gasteiger partial charge in [-0.2, -0.15) is 10.4 Å². The second-order valence-electron chi connectivity index (χ2n) is 8.31. The summed E-state index contributed by atoms with van der Waals surface area (Å²) in [7, 11) is 1.57. The Morgan fingerprint density at radius 3 is 2.81 bits per heavy atom. The monoisotopic (exact) mass is 502 g/mol. The molecular weight excluding hydrogens is 476 g/mol. The number of hydrazone groups is 1. The first-order valence-electron chi connectivity index (χ1n) is 11.4. The van der Waals surface area contributed by atoms with E-state index in [1.54, 1.807) is 31.3 Å². The van der Waals surface area contributed by atoms with Crippen LogP contribution in [0.5, 0.6) is 5.75 Å². The number of benzene rings is 2. The third kappa shape index (κ3) is 5.68. The van der Waals surface area contributed by atoms with Crippen molar-refractivity contribution in [2.24, 2.45) is 16.8 Å². The van der Waals surface area contributed by atoms with Gasteiger partial charge in [0.05, 0.1) is 18.2 Å². The topological polar surface area (TPSA) is 176 Å². The second-order valence-corrected chi connectivity index (χ2v) is 8.31. The second kappa shape index (κ2) is 11.2. The Morgan fingerprint density at radius 1 is 1.30 bits per heavy atom. The summed E-state index contributed by atoms with van der Waals surface area (Å²) < 4.78 is 11.1. The first-order valence-corrected chi connectivity index (χ1v) is 11.4. The van der Waals surface area contributed by atoms with Gasteiger partial charge in [0.15, 0.2) is 11.5 Å². The minimum Gasteiger partial charge on any atom is -0.489 e. The van der Waals surface area contributed by atoms with E-state index in [1.807, 2.05) is 36.4 Å². The Hall–Kier alpha value is -4.89. The molecule has 0 fully saturated rings. The molecule has 4 rings (SSSR count). The molecule has 37 heavy (non-hydrogen) atoms. The Morgan fingerprint density at radius 2 is 2.08 bits per heavy atom. The molecule has 0 unspecified atom stereocenters. The van der Waals surface area contributed by atoms with E-state index in [-0.39, 0.29) is 31.1 Å². The summed E-state index contributed by atoms with van der Waals surface area (Å²) in [6.45, 7) is 0.136. The van der Waals surface area contributed by atoms with Crippen molar-refractivity contribution in [3.8, 4) is 11.8 Å². The first kappa shape index (κ1) is 25.2. The molecule has 5 N–H and O–H groups in total. The number of aromatic nitrogens is 1. The summed E-state index contributed by atoms with van der Waals surface area (Å²) in [5, 5.41) is 20.3. The maximum atomic E-state index is 13.2. The van der Waals surface area contributed by atoms with Crippen LogP contribution in [0.2, 0.25) is 0 Å². The van der Waals surface area contributed by atoms with E-state index >= 15 is 0 Å². The minimum atomic E-state index is -0.966. The molecule has 0 radical (unpaired) electrons. The number of anilines is 1. The predicted molar refractivity (Wildman–Crippen MR) is 134 cm³/mol. The first-order chi connectivity index (χ1) is 17.9. The van der Waals surface area contributed by atoms with Crippen LogP contribution in [-0.2, 0) is 11.2 Å². The largest absolute Gasteiger partial charge is 0.489 e. The van der Waals surface area contributed by atoms with Gasteiger partial charge in [-0.25, -0.2) is 5.84 Å². The number of carbonyl (C=O) groups excluding carboxylic acids is 2. The molecule has 0 saturated heterocycles. The zero-order chi connectivity index (χ0) is 26.4. The van der Waals surface area contributed by atoms with Gasteiger partial charge < -0.3 is 25.3 Å². The zero-order valence-corrected chi connectivity index (χ0v) is 20.1. The molecule has 1 aromatic heterocycles. The number of nitriles is 1. The van der Waals surface area contributed by atoms with Gasteiger partial charge >= 0.3 is 0 Å². The number of nitrogens with two attached hydrogens (primary N) is 2. The van der Waals surface area contributed by atoms with Crippen molar-refractivity contribution in [1.82, 2.24) is 15.5 Å². The van der Waals surface area contributed by atoms with Crippen LogP contribution in [0, 0.1) is 11.3 Å². The van der Waals surface area contributed by atoms with E-state index in [0.717, 1.165) is 5.56 Å². The number of amidine groups is 1. The molecule has 12 nitrogen and oxygen atoms in total. The molecule has 2 aromatic carbocycles. The molecule has 190 valence electrons. The number of rotatable bonds is 7. The van der Waals surface area contributed by atoms with E-state index < -0.39 is 17.9 Å². The molecule has 0 spiro atoms. The molecule has 2 amide bonds. The maximum Gasteiger partial charge on any atom is 0.274 e. The lowest BCUT2D eigenvalue weighted by atomic mass is 10.1. The highest BCUT2D eigenvalue weighted by Gasteiger charge is 2.32. The smallest absolute Gasteiger partial charge is 0.274 e. The highest BCUT2D eigenvalue weighted by molar-refractivity contribution is 6.05. The summed E-state index contributed by atoms with van der Waals surface area (Å²) in [5.41, 5.74) is 2.05. The summed E-state index contributed by atoms with van der Waals surface area (Å²) in [4.78, 5) is 27.4. The Labute approximate surface area is 213 Å². The molecule has 1 aliphatic heterocycles. The lowest BCUT2D eigenvalue weighted by Crippen LogP contribution is -2.49. The van der Waals surface area contributed by atoms with Gasteiger partial charge in [-0.05, 0) is 23.8 Å². The van der Waals surface area contributed by atoms with Crippen molar-refractivity contribution >= 4 is 23.3 Å². The maximum absolute atomic E-state index is 13.2. The highest BCUT2D eigenvalue weighted by atomic mass is 16.5. The standard InChI is InChI=1S/C25H26N8O4/c1-32-21-13-17(23(30-27)33(28)11-5-10-26)8-9-22(21)36-15-20(25(32)35)29-24(34)19-14-18(37-31-19)12-16-6-3-2-4-7-16/h2-4,6-9,13-14,20H,5,11-12,15,27-28H2,1H3,(H,29,34)/b30-23-/t20-/m0/s1. The van der Waals surface area contributed by atoms with Crippen molar-refractivity contribution in [3.63, 3.8) is 0 Å². The number of likely N-dealkylation sites (N-methyl/N-ethyl adjacent to an activating group) is 1. The molecule has 2 heterocycles. The van der Waals surface area contributed by atoms with Crippen LogP contribution < -0.4 is 26.6 Å². The number of carbonyl (C=O) groups is 2. The number of hydrogen-bond acceptors (Lipinski definition) is 9. The van der Waals surface area contributed by atoms with Gasteiger partial charge in [0.2, 0.25) is 0 Å². The number of amides is 2. The summed E-state index contributed by atoms with van der Waals surface area (Å²) in [6.07, 6.45) is 0.667. The predicted octanol–water partition coefficient (Wildman–Crippen LogP) is 1.13. The quantitative estimate of drug-likeness (QED) is 0.185. The normalized spacial score (nSPS) is 15.3. The summed E-state index contributed by atoms with van der Waals surface area (Å²) in [5.74, 6) is 11.8. The van der Waals surface area contributed by atoms with Crippen molar-refractivity contribution in [3.05, 3.63) is 77.2 Å². The van der Waals surface area contributed by atoms with Gasteiger partial charge in [0, 0.05) is 31.6 Å². The molecule has 0 bridgehead atoms. The SMILES string of the molecule is CN1C(=O)[C@@H](NC(=O)c2cc(Cc3ccccc3)on2)COc2ccc(/C(=N/N)N(N)CCC#N)cc21. The lowest BCUT2D eigenvalue weighted by Gasteiger charge is -2.22. The van der Waals surface area contributed by atoms with E-state index in [2.05, 4.69) is 15.6 Å². The van der Waals surface area contributed by atoms with Gasteiger partial charge in [-0.3, -0.25) is 14.6 Å². The Balaban J connectivity index is 1.46. The van der Waals surface area contributed by atoms with Crippen LogP contribution in [0.3, 0.4) is 0 Å². The van der Waals surface area contributed by atoms with E-state index in [1.165, 1.54) is 9.91 Å². The average molecular weight is 503 g/mol. The van der Waals surface area contributed by atoms with E-state index in [4.69, 9.17) is 26.2 Å². The van der Waals surface area contributed by atoms with Crippen molar-refractivity contribution < 1.29 is 18.8 Å². The number of hydrogen-bond donors (Lipinski definition) is 3. The van der Waals surface area contributed by atoms with Gasteiger partial charge in [0.1, 0.15) is 24.2 Å². The zero-order valence-electron chi connectivity index (χ0n) is 20.1. The van der Waals surface area contributed by atoms with Crippen LogP contribution in [-0.4, -0.2) is 54.1 Å². The van der Waals surface area contributed by atoms with Crippen LogP contribution in [0.25, 0.3) is 0 Å². The minimum absolute atomic E-state index is 0.0645. The summed E-state index contributed by atoms with van der Waals surface area (Å²) in [6, 6.07) is 17.2. The van der Waals surface area contributed by atoms with Crippen molar-refractivity contribution in [2.45, 2.75) is 18.9 Å². The van der Waals surface area contributed by atoms with Crippen LogP contribution in [0.4, 0.5) is 5.69 Å².